The predicted octanol–water partition coefficient (Wildman–Crippen LogP) is 4.06. The van der Waals surface area contributed by atoms with Crippen LogP contribution >= 0.6 is 0 Å². The van der Waals surface area contributed by atoms with E-state index in [2.05, 4.69) is 10.6 Å². The molecule has 0 aliphatic heterocycles. The molecule has 0 spiro atoms. The van der Waals surface area contributed by atoms with Gasteiger partial charge >= 0.3 is 0 Å². The first-order chi connectivity index (χ1) is 10.9. The molecule has 2 N–H and O–H groups in total. The van der Waals surface area contributed by atoms with Crippen molar-refractivity contribution in [3.8, 4) is 0 Å². The Balaban J connectivity index is 1.95. The summed E-state index contributed by atoms with van der Waals surface area (Å²) in [5.41, 5.74) is 1.65. The van der Waals surface area contributed by atoms with Gasteiger partial charge in [-0.1, -0.05) is 13.8 Å². The molecule has 0 aliphatic carbocycles. The number of nitrogens with one attached hydrogen (secondary N) is 2. The molecule has 0 bridgehead atoms. The number of anilines is 2. The molecular weight excluding hydrogens is 295 g/mol. The van der Waals surface area contributed by atoms with Crippen LogP contribution in [0, 0.1) is 11.7 Å². The highest BCUT2D eigenvalue weighted by molar-refractivity contribution is 6.04. The normalized spacial score (nSPS) is 10.4. The molecule has 0 saturated carbocycles. The Morgan fingerprint density at radius 1 is 0.913 bits per heavy atom. The third kappa shape index (κ3) is 5.21. The molecule has 0 aromatic heterocycles. The minimum absolute atomic E-state index is 0.0388. The van der Waals surface area contributed by atoms with Crippen LogP contribution in [0.2, 0.25) is 0 Å². The van der Waals surface area contributed by atoms with Gasteiger partial charge in [-0.25, -0.2) is 4.39 Å². The first-order valence-corrected chi connectivity index (χ1v) is 7.41. The van der Waals surface area contributed by atoms with Gasteiger partial charge in [0.1, 0.15) is 5.82 Å². The van der Waals surface area contributed by atoms with Gasteiger partial charge in [-0.2, -0.15) is 0 Å². The quantitative estimate of drug-likeness (QED) is 0.874. The topological polar surface area (TPSA) is 58.2 Å². The van der Waals surface area contributed by atoms with Crippen molar-refractivity contribution in [2.75, 3.05) is 10.6 Å². The Morgan fingerprint density at radius 2 is 1.43 bits per heavy atom. The van der Waals surface area contributed by atoms with E-state index in [4.69, 9.17) is 0 Å². The first kappa shape index (κ1) is 16.7. The van der Waals surface area contributed by atoms with E-state index in [-0.39, 0.29) is 17.6 Å². The SMILES string of the molecule is CC(C)CC(=O)Nc1ccc(NC(=O)c2ccc(F)cc2)cc1. The molecule has 0 aliphatic rings. The fraction of sp³-hybridized carbons (Fsp3) is 0.222. The molecule has 23 heavy (non-hydrogen) atoms. The van der Waals surface area contributed by atoms with Crippen LogP contribution < -0.4 is 10.6 Å². The van der Waals surface area contributed by atoms with E-state index >= 15 is 0 Å². The van der Waals surface area contributed by atoms with Gasteiger partial charge in [-0.15, -0.1) is 0 Å². The summed E-state index contributed by atoms with van der Waals surface area (Å²) in [6, 6.07) is 12.2. The summed E-state index contributed by atoms with van der Waals surface area (Å²) in [4.78, 5) is 23.7. The van der Waals surface area contributed by atoms with E-state index in [0.29, 0.717) is 29.3 Å². The van der Waals surface area contributed by atoms with Gasteiger partial charge in [0.25, 0.3) is 5.91 Å². The summed E-state index contributed by atoms with van der Waals surface area (Å²) < 4.78 is 12.8. The summed E-state index contributed by atoms with van der Waals surface area (Å²) in [6.45, 7) is 3.96. The number of rotatable bonds is 5. The lowest BCUT2D eigenvalue weighted by molar-refractivity contribution is -0.116. The van der Waals surface area contributed by atoms with Crippen molar-refractivity contribution in [2.45, 2.75) is 20.3 Å². The Bertz CT molecular complexity index is 679. The maximum absolute atomic E-state index is 12.8. The molecular formula is C18H19FN2O2. The van der Waals surface area contributed by atoms with Crippen molar-refractivity contribution >= 4 is 23.2 Å². The summed E-state index contributed by atoms with van der Waals surface area (Å²) in [5.74, 6) is -0.447. The molecule has 4 nitrogen and oxygen atoms in total. The van der Waals surface area contributed by atoms with E-state index < -0.39 is 0 Å². The molecule has 0 unspecified atom stereocenters. The number of carbonyl (C=O) groups is 2. The molecule has 5 heteroatoms. The molecule has 0 radical (unpaired) electrons. The van der Waals surface area contributed by atoms with Gasteiger partial charge in [0.15, 0.2) is 0 Å². The highest BCUT2D eigenvalue weighted by atomic mass is 19.1. The monoisotopic (exact) mass is 314 g/mol. The lowest BCUT2D eigenvalue weighted by atomic mass is 10.1. The van der Waals surface area contributed by atoms with E-state index in [0.717, 1.165) is 0 Å². The fourth-order valence-electron chi connectivity index (χ4n) is 2.02. The van der Waals surface area contributed by atoms with Gasteiger partial charge < -0.3 is 10.6 Å². The maximum atomic E-state index is 12.8. The molecule has 0 atom stereocenters. The van der Waals surface area contributed by atoms with E-state index in [1.807, 2.05) is 13.8 Å². The minimum Gasteiger partial charge on any atom is -0.326 e. The van der Waals surface area contributed by atoms with Gasteiger partial charge in [0.2, 0.25) is 5.91 Å². The van der Waals surface area contributed by atoms with Gasteiger partial charge in [-0.3, -0.25) is 9.59 Å². The van der Waals surface area contributed by atoms with Crippen LogP contribution in [-0.2, 0) is 4.79 Å². The van der Waals surface area contributed by atoms with Gasteiger partial charge in [0.05, 0.1) is 0 Å². The zero-order valence-electron chi connectivity index (χ0n) is 13.1. The first-order valence-electron chi connectivity index (χ1n) is 7.41. The number of halogens is 1. The third-order valence-corrected chi connectivity index (χ3v) is 3.13. The van der Waals surface area contributed by atoms with Gasteiger partial charge in [0, 0.05) is 23.4 Å². The number of amides is 2. The van der Waals surface area contributed by atoms with Crippen molar-refractivity contribution in [3.63, 3.8) is 0 Å². The molecule has 0 saturated heterocycles. The molecule has 0 fully saturated rings. The summed E-state index contributed by atoms with van der Waals surface area (Å²) in [5, 5.41) is 5.51. The van der Waals surface area contributed by atoms with E-state index in [1.165, 1.54) is 24.3 Å². The second-order valence-corrected chi connectivity index (χ2v) is 5.68. The Morgan fingerprint density at radius 3 is 1.96 bits per heavy atom. The second-order valence-electron chi connectivity index (χ2n) is 5.68. The van der Waals surface area contributed by atoms with Crippen LogP contribution in [0.15, 0.2) is 48.5 Å². The lowest BCUT2D eigenvalue weighted by Crippen LogP contribution is -2.14. The standard InChI is InChI=1S/C18H19FN2O2/c1-12(2)11-17(22)20-15-7-9-16(10-8-15)21-18(23)13-3-5-14(19)6-4-13/h3-10,12H,11H2,1-2H3,(H,20,22)(H,21,23). The fourth-order valence-corrected chi connectivity index (χ4v) is 2.02. The summed E-state index contributed by atoms with van der Waals surface area (Å²) in [6.07, 6.45) is 0.461. The molecule has 2 aromatic carbocycles. The molecule has 0 heterocycles. The maximum Gasteiger partial charge on any atom is 0.255 e. The average Bonchev–Trinajstić information content (AvgIpc) is 2.49. The number of carbonyl (C=O) groups excluding carboxylic acids is 2. The largest absolute Gasteiger partial charge is 0.326 e. The zero-order valence-corrected chi connectivity index (χ0v) is 13.1. The minimum atomic E-state index is -0.386. The van der Waals surface area contributed by atoms with Crippen molar-refractivity contribution in [1.82, 2.24) is 0 Å². The van der Waals surface area contributed by atoms with Crippen molar-refractivity contribution in [3.05, 3.63) is 59.9 Å². The van der Waals surface area contributed by atoms with Crippen molar-refractivity contribution in [2.24, 2.45) is 5.92 Å². The molecule has 2 aromatic rings. The third-order valence-electron chi connectivity index (χ3n) is 3.13. The van der Waals surface area contributed by atoms with Crippen molar-refractivity contribution < 1.29 is 14.0 Å². The predicted molar refractivity (Wildman–Crippen MR) is 88.9 cm³/mol. The number of hydrogen-bond acceptors (Lipinski definition) is 2. The molecule has 2 amide bonds. The summed E-state index contributed by atoms with van der Waals surface area (Å²) >= 11 is 0. The van der Waals surface area contributed by atoms with Crippen molar-refractivity contribution in [1.29, 1.82) is 0 Å². The van der Waals surface area contributed by atoms with Crippen LogP contribution in [0.3, 0.4) is 0 Å². The molecule has 2 rings (SSSR count). The number of hydrogen-bond donors (Lipinski definition) is 2. The van der Waals surface area contributed by atoms with Crippen LogP contribution in [0.25, 0.3) is 0 Å². The van der Waals surface area contributed by atoms with Crippen LogP contribution in [0.1, 0.15) is 30.6 Å². The Labute approximate surface area is 134 Å². The zero-order chi connectivity index (χ0) is 16.8. The lowest BCUT2D eigenvalue weighted by Gasteiger charge is -2.09. The smallest absolute Gasteiger partial charge is 0.255 e. The highest BCUT2D eigenvalue weighted by Crippen LogP contribution is 2.15. The van der Waals surface area contributed by atoms with Crippen LogP contribution in [0.5, 0.6) is 0 Å². The number of benzene rings is 2. The second kappa shape index (κ2) is 7.54. The highest BCUT2D eigenvalue weighted by Gasteiger charge is 2.07. The Kier molecular flexibility index (Phi) is 5.46. The molecule has 120 valence electrons. The van der Waals surface area contributed by atoms with Crippen LogP contribution in [0.4, 0.5) is 15.8 Å². The van der Waals surface area contributed by atoms with Crippen LogP contribution in [-0.4, -0.2) is 11.8 Å². The Hall–Kier alpha value is -2.69. The summed E-state index contributed by atoms with van der Waals surface area (Å²) in [7, 11) is 0. The van der Waals surface area contributed by atoms with E-state index in [1.54, 1.807) is 24.3 Å². The average molecular weight is 314 g/mol. The van der Waals surface area contributed by atoms with Gasteiger partial charge in [-0.05, 0) is 54.4 Å². The van der Waals surface area contributed by atoms with E-state index in [9.17, 15) is 14.0 Å².